The summed E-state index contributed by atoms with van der Waals surface area (Å²) in [5.74, 6) is 1.03. The molecule has 0 aliphatic carbocycles. The van der Waals surface area contributed by atoms with Crippen molar-refractivity contribution in [1.82, 2.24) is 5.32 Å². The molecular formula is C16H26FNO2. The second-order valence-electron chi connectivity index (χ2n) is 5.35. The van der Waals surface area contributed by atoms with E-state index in [2.05, 4.69) is 19.2 Å². The summed E-state index contributed by atoms with van der Waals surface area (Å²) in [4.78, 5) is 0. The van der Waals surface area contributed by atoms with Crippen molar-refractivity contribution in [3.8, 4) is 5.75 Å². The average molecular weight is 283 g/mol. The van der Waals surface area contributed by atoms with E-state index < -0.39 is 0 Å². The zero-order valence-corrected chi connectivity index (χ0v) is 12.7. The van der Waals surface area contributed by atoms with Crippen molar-refractivity contribution in [2.45, 2.75) is 33.2 Å². The van der Waals surface area contributed by atoms with E-state index in [1.54, 1.807) is 7.11 Å². The average Bonchev–Trinajstić information content (AvgIpc) is 2.39. The molecule has 0 aromatic heterocycles. The highest BCUT2D eigenvalue weighted by Gasteiger charge is 2.02. The first-order chi connectivity index (χ1) is 9.61. The van der Waals surface area contributed by atoms with Crippen LogP contribution in [0.2, 0.25) is 0 Å². The van der Waals surface area contributed by atoms with Gasteiger partial charge in [0.15, 0.2) is 0 Å². The number of methoxy groups -OCH3 is 1. The van der Waals surface area contributed by atoms with E-state index in [0.717, 1.165) is 24.9 Å². The van der Waals surface area contributed by atoms with Gasteiger partial charge in [-0.15, -0.1) is 0 Å². The molecule has 1 aromatic carbocycles. The molecule has 0 radical (unpaired) electrons. The third kappa shape index (κ3) is 7.46. The molecule has 0 aliphatic heterocycles. The molecule has 0 fully saturated rings. The van der Waals surface area contributed by atoms with E-state index in [1.165, 1.54) is 12.1 Å². The van der Waals surface area contributed by atoms with E-state index in [-0.39, 0.29) is 5.82 Å². The molecule has 0 bridgehead atoms. The minimum atomic E-state index is -0.255. The lowest BCUT2D eigenvalue weighted by Gasteiger charge is -2.10. The van der Waals surface area contributed by atoms with Gasteiger partial charge >= 0.3 is 0 Å². The maximum Gasteiger partial charge on any atom is 0.127 e. The predicted octanol–water partition coefficient (Wildman–Crippen LogP) is 3.38. The van der Waals surface area contributed by atoms with Gasteiger partial charge < -0.3 is 14.8 Å². The normalized spacial score (nSPS) is 11.1. The topological polar surface area (TPSA) is 30.5 Å². The summed E-state index contributed by atoms with van der Waals surface area (Å²) in [7, 11) is 1.66. The van der Waals surface area contributed by atoms with Gasteiger partial charge in [-0.1, -0.05) is 13.8 Å². The molecular weight excluding hydrogens is 257 g/mol. The number of hydrogen-bond donors (Lipinski definition) is 1. The van der Waals surface area contributed by atoms with Crippen LogP contribution in [-0.4, -0.2) is 26.9 Å². The van der Waals surface area contributed by atoms with Crippen molar-refractivity contribution in [2.75, 3.05) is 26.9 Å². The number of rotatable bonds is 10. The molecule has 1 aromatic rings. The Bertz CT molecular complexity index is 383. The maximum atomic E-state index is 13.5. The number of ether oxygens (including phenoxy) is 2. The summed E-state index contributed by atoms with van der Waals surface area (Å²) in [5.41, 5.74) is 0.889. The molecule has 0 unspecified atom stereocenters. The fraction of sp³-hybridized carbons (Fsp3) is 0.625. The van der Waals surface area contributed by atoms with Gasteiger partial charge in [0.05, 0.1) is 13.2 Å². The molecule has 4 heteroatoms. The zero-order valence-electron chi connectivity index (χ0n) is 12.7. The van der Waals surface area contributed by atoms with Crippen LogP contribution in [0.15, 0.2) is 18.2 Å². The van der Waals surface area contributed by atoms with Gasteiger partial charge in [0, 0.05) is 26.3 Å². The number of halogens is 1. The smallest absolute Gasteiger partial charge is 0.127 e. The van der Waals surface area contributed by atoms with Crippen LogP contribution in [0, 0.1) is 11.7 Å². The Morgan fingerprint density at radius 3 is 2.70 bits per heavy atom. The van der Waals surface area contributed by atoms with Crippen molar-refractivity contribution < 1.29 is 13.9 Å². The van der Waals surface area contributed by atoms with Crippen LogP contribution in [0.3, 0.4) is 0 Å². The van der Waals surface area contributed by atoms with E-state index in [1.807, 2.05) is 6.07 Å². The fourth-order valence-corrected chi connectivity index (χ4v) is 1.89. The Kier molecular flexibility index (Phi) is 8.23. The summed E-state index contributed by atoms with van der Waals surface area (Å²) in [5, 5.41) is 3.19. The minimum absolute atomic E-state index is 0.255. The van der Waals surface area contributed by atoms with Gasteiger partial charge in [-0.05, 0) is 36.5 Å². The Morgan fingerprint density at radius 2 is 2.00 bits per heavy atom. The van der Waals surface area contributed by atoms with Gasteiger partial charge in [0.1, 0.15) is 11.6 Å². The standard InChI is InChI=1S/C16H26FNO2/c1-13(2)5-4-7-20-16-10-14(9-15(17)11-16)12-18-6-8-19-3/h9-11,13,18H,4-8,12H2,1-3H3. The Morgan fingerprint density at radius 1 is 1.20 bits per heavy atom. The van der Waals surface area contributed by atoms with Crippen LogP contribution in [0.5, 0.6) is 5.75 Å². The Hall–Kier alpha value is -1.13. The van der Waals surface area contributed by atoms with Crippen LogP contribution in [0.4, 0.5) is 4.39 Å². The fourth-order valence-electron chi connectivity index (χ4n) is 1.89. The number of nitrogens with one attached hydrogen (secondary N) is 1. The highest BCUT2D eigenvalue weighted by Crippen LogP contribution is 2.17. The molecule has 1 N–H and O–H groups in total. The first-order valence-electron chi connectivity index (χ1n) is 7.23. The summed E-state index contributed by atoms with van der Waals surface area (Å²) < 4.78 is 24.1. The van der Waals surface area contributed by atoms with Gasteiger partial charge in [-0.2, -0.15) is 0 Å². The number of benzene rings is 1. The third-order valence-corrected chi connectivity index (χ3v) is 2.94. The molecule has 0 saturated carbocycles. The second-order valence-corrected chi connectivity index (χ2v) is 5.35. The molecule has 0 atom stereocenters. The zero-order chi connectivity index (χ0) is 14.8. The Balaban J connectivity index is 2.40. The highest BCUT2D eigenvalue weighted by atomic mass is 19.1. The predicted molar refractivity (Wildman–Crippen MR) is 79.5 cm³/mol. The molecule has 0 saturated heterocycles. The molecule has 1 rings (SSSR count). The lowest BCUT2D eigenvalue weighted by Crippen LogP contribution is -2.18. The van der Waals surface area contributed by atoms with Gasteiger partial charge in [-0.3, -0.25) is 0 Å². The lowest BCUT2D eigenvalue weighted by atomic mass is 10.1. The monoisotopic (exact) mass is 283 g/mol. The van der Waals surface area contributed by atoms with Gasteiger partial charge in [0.25, 0.3) is 0 Å². The quantitative estimate of drug-likeness (QED) is 0.668. The van der Waals surface area contributed by atoms with Crippen molar-refractivity contribution in [3.63, 3.8) is 0 Å². The second kappa shape index (κ2) is 9.72. The van der Waals surface area contributed by atoms with Crippen LogP contribution in [-0.2, 0) is 11.3 Å². The number of hydrogen-bond acceptors (Lipinski definition) is 3. The molecule has 20 heavy (non-hydrogen) atoms. The maximum absolute atomic E-state index is 13.5. The summed E-state index contributed by atoms with van der Waals surface area (Å²) >= 11 is 0. The van der Waals surface area contributed by atoms with Crippen LogP contribution in [0.25, 0.3) is 0 Å². The summed E-state index contributed by atoms with van der Waals surface area (Å²) in [6.45, 7) is 7.02. The van der Waals surface area contributed by atoms with E-state index in [9.17, 15) is 4.39 Å². The van der Waals surface area contributed by atoms with Crippen LogP contribution in [0.1, 0.15) is 32.3 Å². The summed E-state index contributed by atoms with van der Waals surface area (Å²) in [6, 6.07) is 4.85. The van der Waals surface area contributed by atoms with Crippen molar-refractivity contribution in [3.05, 3.63) is 29.6 Å². The summed E-state index contributed by atoms with van der Waals surface area (Å²) in [6.07, 6.45) is 2.12. The third-order valence-electron chi connectivity index (χ3n) is 2.94. The largest absolute Gasteiger partial charge is 0.493 e. The highest BCUT2D eigenvalue weighted by molar-refractivity contribution is 5.29. The van der Waals surface area contributed by atoms with Crippen LogP contribution < -0.4 is 10.1 Å². The molecule has 3 nitrogen and oxygen atoms in total. The Labute approximate surface area is 121 Å². The van der Waals surface area contributed by atoms with E-state index in [0.29, 0.717) is 31.4 Å². The van der Waals surface area contributed by atoms with E-state index in [4.69, 9.17) is 9.47 Å². The van der Waals surface area contributed by atoms with E-state index >= 15 is 0 Å². The van der Waals surface area contributed by atoms with Crippen molar-refractivity contribution >= 4 is 0 Å². The minimum Gasteiger partial charge on any atom is -0.493 e. The van der Waals surface area contributed by atoms with Crippen molar-refractivity contribution in [2.24, 2.45) is 5.92 Å². The first-order valence-corrected chi connectivity index (χ1v) is 7.23. The first kappa shape index (κ1) is 16.9. The van der Waals surface area contributed by atoms with Crippen LogP contribution >= 0.6 is 0 Å². The molecule has 0 heterocycles. The molecule has 0 amide bonds. The lowest BCUT2D eigenvalue weighted by molar-refractivity contribution is 0.199. The molecule has 114 valence electrons. The van der Waals surface area contributed by atoms with Gasteiger partial charge in [-0.25, -0.2) is 4.39 Å². The van der Waals surface area contributed by atoms with Crippen molar-refractivity contribution in [1.29, 1.82) is 0 Å². The molecule has 0 aliphatic rings. The SMILES string of the molecule is COCCNCc1cc(F)cc(OCCCC(C)C)c1. The molecule has 0 spiro atoms. The van der Waals surface area contributed by atoms with Gasteiger partial charge in [0.2, 0.25) is 0 Å².